The Morgan fingerprint density at radius 1 is 1.21 bits per heavy atom. The number of benzene rings is 2. The normalized spacial score (nSPS) is 10.6. The lowest BCUT2D eigenvalue weighted by Gasteiger charge is -2.02. The van der Waals surface area contributed by atoms with Crippen molar-refractivity contribution in [1.29, 1.82) is 0 Å². The van der Waals surface area contributed by atoms with E-state index >= 15 is 0 Å². The number of aromatic nitrogens is 2. The number of hydrogen-bond donors (Lipinski definition) is 0. The van der Waals surface area contributed by atoms with E-state index in [4.69, 9.17) is 11.6 Å². The zero-order valence-corrected chi connectivity index (χ0v) is 12.8. The number of aldehydes is 1. The Hall–Kier alpha value is -3.06. The Labute approximate surface area is 140 Å². The van der Waals surface area contributed by atoms with E-state index in [0.29, 0.717) is 12.0 Å². The highest BCUT2D eigenvalue weighted by atomic mass is 35.5. The standard InChI is InChI=1S/C16H9ClFN3O3/c17-16-13(9-22)15(19-20(16)10-4-2-1-3-5-10)12-7-6-11(21(23)24)8-14(12)18/h1-9H. The molecule has 0 aliphatic rings. The van der Waals surface area contributed by atoms with Crippen LogP contribution < -0.4 is 0 Å². The molecule has 6 nitrogen and oxygen atoms in total. The van der Waals surface area contributed by atoms with Crippen molar-refractivity contribution in [3.05, 3.63) is 75.2 Å². The molecule has 2 aromatic carbocycles. The Balaban J connectivity index is 2.19. The van der Waals surface area contributed by atoms with Gasteiger partial charge in [-0.05, 0) is 18.2 Å². The second kappa shape index (κ2) is 6.21. The van der Waals surface area contributed by atoms with Crippen molar-refractivity contribution < 1.29 is 14.1 Å². The molecule has 0 amide bonds. The molecule has 0 saturated carbocycles. The van der Waals surface area contributed by atoms with Gasteiger partial charge in [-0.2, -0.15) is 5.10 Å². The summed E-state index contributed by atoms with van der Waals surface area (Å²) in [6.07, 6.45) is 0.477. The SMILES string of the molecule is O=Cc1c(-c2ccc([N+](=O)[O-])cc2F)nn(-c2ccccc2)c1Cl. The largest absolute Gasteiger partial charge is 0.298 e. The van der Waals surface area contributed by atoms with E-state index in [2.05, 4.69) is 5.10 Å². The summed E-state index contributed by atoms with van der Waals surface area (Å²) in [5, 5.41) is 14.9. The lowest BCUT2D eigenvalue weighted by Crippen LogP contribution is -1.96. The van der Waals surface area contributed by atoms with Crippen molar-refractivity contribution in [3.63, 3.8) is 0 Å². The fraction of sp³-hybridized carbons (Fsp3) is 0. The maximum Gasteiger partial charge on any atom is 0.272 e. The number of hydrogen-bond acceptors (Lipinski definition) is 4. The molecular formula is C16H9ClFN3O3. The van der Waals surface area contributed by atoms with Crippen molar-refractivity contribution in [2.24, 2.45) is 0 Å². The molecule has 0 bridgehead atoms. The highest BCUT2D eigenvalue weighted by molar-refractivity contribution is 6.32. The first-order valence-corrected chi connectivity index (χ1v) is 7.14. The number of carbonyl (C=O) groups excluding carboxylic acids is 1. The van der Waals surface area contributed by atoms with Crippen LogP contribution in [0.25, 0.3) is 16.9 Å². The van der Waals surface area contributed by atoms with Gasteiger partial charge in [-0.1, -0.05) is 29.8 Å². The quantitative estimate of drug-likeness (QED) is 0.406. The van der Waals surface area contributed by atoms with Crippen LogP contribution in [-0.2, 0) is 0 Å². The molecule has 0 atom stereocenters. The first kappa shape index (κ1) is 15.8. The van der Waals surface area contributed by atoms with Gasteiger partial charge in [0.25, 0.3) is 5.69 Å². The van der Waals surface area contributed by atoms with E-state index in [1.54, 1.807) is 30.3 Å². The third kappa shape index (κ3) is 2.65. The van der Waals surface area contributed by atoms with E-state index in [1.807, 2.05) is 0 Å². The van der Waals surface area contributed by atoms with Gasteiger partial charge in [0.15, 0.2) is 6.29 Å². The van der Waals surface area contributed by atoms with Crippen LogP contribution in [0.3, 0.4) is 0 Å². The predicted octanol–water partition coefficient (Wildman–Crippen LogP) is 4.05. The molecular weight excluding hydrogens is 337 g/mol. The second-order valence-electron chi connectivity index (χ2n) is 4.84. The summed E-state index contributed by atoms with van der Waals surface area (Å²) < 4.78 is 15.6. The Bertz CT molecular complexity index is 941. The number of para-hydroxylation sites is 1. The smallest absolute Gasteiger partial charge is 0.272 e. The summed E-state index contributed by atoms with van der Waals surface area (Å²) in [6, 6.07) is 11.9. The topological polar surface area (TPSA) is 78.0 Å². The van der Waals surface area contributed by atoms with Crippen molar-refractivity contribution in [1.82, 2.24) is 9.78 Å². The average Bonchev–Trinajstić information content (AvgIpc) is 2.91. The van der Waals surface area contributed by atoms with Gasteiger partial charge in [-0.25, -0.2) is 9.07 Å². The average molecular weight is 346 g/mol. The zero-order valence-electron chi connectivity index (χ0n) is 12.0. The molecule has 0 saturated heterocycles. The Morgan fingerprint density at radius 3 is 2.50 bits per heavy atom. The van der Waals surface area contributed by atoms with Gasteiger partial charge in [0, 0.05) is 11.6 Å². The van der Waals surface area contributed by atoms with Crippen molar-refractivity contribution in [3.8, 4) is 16.9 Å². The summed E-state index contributed by atoms with van der Waals surface area (Å²) in [7, 11) is 0. The predicted molar refractivity (Wildman–Crippen MR) is 86.0 cm³/mol. The van der Waals surface area contributed by atoms with Crippen molar-refractivity contribution >= 4 is 23.6 Å². The van der Waals surface area contributed by atoms with E-state index in [1.165, 1.54) is 10.7 Å². The second-order valence-corrected chi connectivity index (χ2v) is 5.20. The first-order valence-electron chi connectivity index (χ1n) is 6.76. The van der Waals surface area contributed by atoms with Gasteiger partial charge in [0.05, 0.1) is 22.2 Å². The van der Waals surface area contributed by atoms with E-state index in [-0.39, 0.29) is 22.0 Å². The van der Waals surface area contributed by atoms with Gasteiger partial charge in [0.1, 0.15) is 16.7 Å². The van der Waals surface area contributed by atoms with Gasteiger partial charge in [-0.3, -0.25) is 14.9 Å². The number of nitro groups is 1. The first-order chi connectivity index (χ1) is 11.5. The van der Waals surface area contributed by atoms with Crippen LogP contribution >= 0.6 is 11.6 Å². The van der Waals surface area contributed by atoms with Gasteiger partial charge < -0.3 is 0 Å². The van der Waals surface area contributed by atoms with Gasteiger partial charge >= 0.3 is 0 Å². The molecule has 0 unspecified atom stereocenters. The van der Waals surface area contributed by atoms with Crippen LogP contribution in [0.4, 0.5) is 10.1 Å². The Kier molecular flexibility index (Phi) is 4.09. The Morgan fingerprint density at radius 2 is 1.92 bits per heavy atom. The molecule has 0 aliphatic heterocycles. The molecule has 8 heteroatoms. The molecule has 0 fully saturated rings. The molecule has 1 heterocycles. The van der Waals surface area contributed by atoms with Gasteiger partial charge in [0.2, 0.25) is 0 Å². The lowest BCUT2D eigenvalue weighted by molar-refractivity contribution is -0.385. The molecule has 120 valence electrons. The monoisotopic (exact) mass is 345 g/mol. The fourth-order valence-electron chi connectivity index (χ4n) is 2.26. The minimum atomic E-state index is -0.860. The molecule has 3 aromatic rings. The van der Waals surface area contributed by atoms with Crippen LogP contribution in [-0.4, -0.2) is 21.0 Å². The highest BCUT2D eigenvalue weighted by Crippen LogP contribution is 2.32. The van der Waals surface area contributed by atoms with Crippen LogP contribution in [0, 0.1) is 15.9 Å². The third-order valence-corrected chi connectivity index (χ3v) is 3.76. The van der Waals surface area contributed by atoms with E-state index in [0.717, 1.165) is 12.1 Å². The minimum absolute atomic E-state index is 0.00766. The maximum absolute atomic E-state index is 14.2. The summed E-state index contributed by atoms with van der Waals surface area (Å²) in [5.74, 6) is -0.860. The number of halogens is 2. The summed E-state index contributed by atoms with van der Waals surface area (Å²) in [4.78, 5) is 21.4. The number of nitrogens with zero attached hydrogens (tertiary/aromatic N) is 3. The number of non-ortho nitro benzene ring substituents is 1. The summed E-state index contributed by atoms with van der Waals surface area (Å²) in [6.45, 7) is 0. The summed E-state index contributed by atoms with van der Waals surface area (Å²) >= 11 is 6.19. The van der Waals surface area contributed by atoms with Gasteiger partial charge in [-0.15, -0.1) is 0 Å². The van der Waals surface area contributed by atoms with Crippen molar-refractivity contribution in [2.75, 3.05) is 0 Å². The molecule has 24 heavy (non-hydrogen) atoms. The van der Waals surface area contributed by atoms with Crippen LogP contribution in [0.1, 0.15) is 10.4 Å². The third-order valence-electron chi connectivity index (χ3n) is 3.40. The van der Waals surface area contributed by atoms with Crippen molar-refractivity contribution in [2.45, 2.75) is 0 Å². The lowest BCUT2D eigenvalue weighted by atomic mass is 10.1. The fourth-order valence-corrected chi connectivity index (χ4v) is 2.53. The number of rotatable bonds is 4. The van der Waals surface area contributed by atoms with Crippen LogP contribution in [0.15, 0.2) is 48.5 Å². The molecule has 0 radical (unpaired) electrons. The number of nitro benzene ring substituents is 1. The maximum atomic E-state index is 14.2. The van der Waals surface area contributed by atoms with E-state index < -0.39 is 16.4 Å². The minimum Gasteiger partial charge on any atom is -0.298 e. The highest BCUT2D eigenvalue weighted by Gasteiger charge is 2.22. The number of carbonyl (C=O) groups is 1. The molecule has 1 aromatic heterocycles. The van der Waals surface area contributed by atoms with E-state index in [9.17, 15) is 19.3 Å². The zero-order chi connectivity index (χ0) is 17.3. The van der Waals surface area contributed by atoms with Crippen LogP contribution in [0.5, 0.6) is 0 Å². The molecule has 0 spiro atoms. The molecule has 3 rings (SSSR count). The molecule has 0 aliphatic carbocycles. The molecule has 0 N–H and O–H groups in total. The van der Waals surface area contributed by atoms with Crippen LogP contribution in [0.2, 0.25) is 5.15 Å². The summed E-state index contributed by atoms with van der Waals surface area (Å²) in [5.41, 5.74) is 0.190.